The van der Waals surface area contributed by atoms with E-state index in [4.69, 9.17) is 33.7 Å². The molecule has 8 nitrogen and oxygen atoms in total. The van der Waals surface area contributed by atoms with Gasteiger partial charge in [-0.3, -0.25) is 19.8 Å². The highest BCUT2D eigenvalue weighted by Gasteiger charge is 2.42. The first-order valence-electron chi connectivity index (χ1n) is 13.1. The second-order valence-corrected chi connectivity index (χ2v) is 11.1. The molecule has 0 fully saturated rings. The van der Waals surface area contributed by atoms with Crippen molar-refractivity contribution >= 4 is 40.4 Å². The molecule has 0 spiro atoms. The number of benzene rings is 3. The fraction of sp³-hybridized carbons (Fsp3) is 0.226. The van der Waals surface area contributed by atoms with Crippen molar-refractivity contribution in [2.24, 2.45) is 5.73 Å². The number of rotatable bonds is 6. The van der Waals surface area contributed by atoms with Crippen LogP contribution in [-0.2, 0) is 11.4 Å². The first kappa shape index (κ1) is 29.1. The van der Waals surface area contributed by atoms with Crippen molar-refractivity contribution in [1.82, 2.24) is 0 Å². The number of anilines is 1. The standard InChI is InChI=1S/C31H25Cl2FN4O4/c1-16-10-18(15-42-28-9-7-20(34)13-23(28)33)17(2)21(11-16)29-22(14-35)31(36)37(25-4-3-5-27(39)30(25)29)24-8-6-19(32)12-26(24)38(40)41/h6-13,29H,3-5,15,36H2,1-2H3. The van der Waals surface area contributed by atoms with Crippen LogP contribution in [0.3, 0.4) is 0 Å². The Labute approximate surface area is 251 Å². The lowest BCUT2D eigenvalue weighted by Gasteiger charge is -2.40. The summed E-state index contributed by atoms with van der Waals surface area (Å²) < 4.78 is 19.4. The molecular weight excluding hydrogens is 582 g/mol. The van der Waals surface area contributed by atoms with Crippen molar-refractivity contribution in [3.63, 3.8) is 0 Å². The quantitative estimate of drug-likeness (QED) is 0.227. The molecule has 5 rings (SSSR count). The highest BCUT2D eigenvalue weighted by Crippen LogP contribution is 2.49. The van der Waals surface area contributed by atoms with Crippen molar-refractivity contribution in [2.45, 2.75) is 45.6 Å². The summed E-state index contributed by atoms with van der Waals surface area (Å²) in [6, 6.07) is 14.1. The van der Waals surface area contributed by atoms with Gasteiger partial charge in [0.2, 0.25) is 0 Å². The number of carbonyl (C=O) groups is 1. The molecule has 1 aliphatic heterocycles. The maximum absolute atomic E-state index is 13.6. The van der Waals surface area contributed by atoms with Gasteiger partial charge in [-0.2, -0.15) is 5.26 Å². The third-order valence-corrected chi connectivity index (χ3v) is 8.11. The predicted octanol–water partition coefficient (Wildman–Crippen LogP) is 7.54. The van der Waals surface area contributed by atoms with Gasteiger partial charge in [-0.25, -0.2) is 4.39 Å². The van der Waals surface area contributed by atoms with Crippen molar-refractivity contribution in [3.8, 4) is 11.8 Å². The second-order valence-electron chi connectivity index (χ2n) is 10.2. The number of aryl methyl sites for hydroxylation is 1. The summed E-state index contributed by atoms with van der Waals surface area (Å²) >= 11 is 12.2. The van der Waals surface area contributed by atoms with Crippen molar-refractivity contribution in [1.29, 1.82) is 5.26 Å². The Morgan fingerprint density at radius 2 is 1.93 bits per heavy atom. The van der Waals surface area contributed by atoms with E-state index in [1.54, 1.807) is 0 Å². The number of halogens is 3. The van der Waals surface area contributed by atoms with Crippen LogP contribution in [0.15, 0.2) is 71.2 Å². The van der Waals surface area contributed by atoms with Gasteiger partial charge in [0.05, 0.1) is 27.5 Å². The topological polar surface area (TPSA) is 122 Å². The van der Waals surface area contributed by atoms with Crippen LogP contribution < -0.4 is 15.4 Å². The molecule has 1 aliphatic carbocycles. The lowest BCUT2D eigenvalue weighted by molar-refractivity contribution is -0.384. The van der Waals surface area contributed by atoms with Gasteiger partial charge in [0.15, 0.2) is 5.78 Å². The average Bonchev–Trinajstić information content (AvgIpc) is 2.94. The maximum atomic E-state index is 13.6. The normalized spacial score (nSPS) is 16.8. The Kier molecular flexibility index (Phi) is 7.95. The molecule has 1 unspecified atom stereocenters. The van der Waals surface area contributed by atoms with Crippen LogP contribution in [0.2, 0.25) is 10.0 Å². The number of allylic oxidation sites excluding steroid dienone is 3. The number of hydrogen-bond donors (Lipinski definition) is 1. The van der Waals surface area contributed by atoms with E-state index < -0.39 is 16.7 Å². The molecule has 214 valence electrons. The average molecular weight is 607 g/mol. The molecule has 1 heterocycles. The van der Waals surface area contributed by atoms with Crippen LogP contribution >= 0.6 is 23.2 Å². The largest absolute Gasteiger partial charge is 0.487 e. The molecule has 1 atom stereocenters. The van der Waals surface area contributed by atoms with E-state index >= 15 is 0 Å². The number of carbonyl (C=O) groups excluding carboxylic acids is 1. The summed E-state index contributed by atoms with van der Waals surface area (Å²) in [5.74, 6) is -1.09. The fourth-order valence-corrected chi connectivity index (χ4v) is 6.05. The Hall–Kier alpha value is -4.39. The molecule has 2 aliphatic rings. The van der Waals surface area contributed by atoms with Crippen molar-refractivity contribution < 1.29 is 18.8 Å². The summed E-state index contributed by atoms with van der Waals surface area (Å²) in [4.78, 5) is 26.5. The number of ether oxygens (including phenoxy) is 1. The number of nitrogens with two attached hydrogens (primary N) is 1. The summed E-state index contributed by atoms with van der Waals surface area (Å²) in [7, 11) is 0. The van der Waals surface area contributed by atoms with Gasteiger partial charge in [0, 0.05) is 28.8 Å². The van der Waals surface area contributed by atoms with Gasteiger partial charge in [0.1, 0.15) is 29.7 Å². The van der Waals surface area contributed by atoms with E-state index in [0.29, 0.717) is 35.4 Å². The molecule has 0 aromatic heterocycles. The molecule has 0 saturated carbocycles. The summed E-state index contributed by atoms with van der Waals surface area (Å²) in [6.07, 6.45) is 1.23. The Morgan fingerprint density at radius 1 is 1.17 bits per heavy atom. The number of nitriles is 1. The molecule has 0 radical (unpaired) electrons. The van der Waals surface area contributed by atoms with Crippen LogP contribution in [0, 0.1) is 41.1 Å². The highest BCUT2D eigenvalue weighted by atomic mass is 35.5. The zero-order valence-electron chi connectivity index (χ0n) is 22.7. The lowest BCUT2D eigenvalue weighted by Crippen LogP contribution is -2.39. The third kappa shape index (κ3) is 5.20. The third-order valence-electron chi connectivity index (χ3n) is 7.58. The zero-order valence-corrected chi connectivity index (χ0v) is 24.2. The Balaban J connectivity index is 1.66. The van der Waals surface area contributed by atoms with E-state index in [0.717, 1.165) is 16.7 Å². The first-order chi connectivity index (χ1) is 20.0. The molecule has 2 N–H and O–H groups in total. The minimum absolute atomic E-state index is 0.0122. The van der Waals surface area contributed by atoms with Gasteiger partial charge in [-0.05, 0) is 73.7 Å². The first-order valence-corrected chi connectivity index (χ1v) is 13.8. The molecular formula is C31H25Cl2FN4O4. The summed E-state index contributed by atoms with van der Waals surface area (Å²) in [6.45, 7) is 3.86. The molecule has 0 amide bonds. The van der Waals surface area contributed by atoms with Gasteiger partial charge in [-0.1, -0.05) is 40.9 Å². The Morgan fingerprint density at radius 3 is 2.62 bits per heavy atom. The van der Waals surface area contributed by atoms with E-state index in [1.807, 2.05) is 26.0 Å². The molecule has 42 heavy (non-hydrogen) atoms. The maximum Gasteiger partial charge on any atom is 0.294 e. The predicted molar refractivity (Wildman–Crippen MR) is 158 cm³/mol. The number of nitro benzene ring substituents is 1. The highest BCUT2D eigenvalue weighted by molar-refractivity contribution is 6.32. The lowest BCUT2D eigenvalue weighted by atomic mass is 9.73. The summed E-state index contributed by atoms with van der Waals surface area (Å²) in [5, 5.41) is 22.7. The molecule has 3 aromatic carbocycles. The number of nitrogens with zero attached hydrogens (tertiary/aromatic N) is 3. The van der Waals surface area contributed by atoms with Crippen LogP contribution in [0.5, 0.6) is 5.75 Å². The number of hydrogen-bond acceptors (Lipinski definition) is 7. The number of nitro groups is 1. The Bertz CT molecular complexity index is 1760. The zero-order chi connectivity index (χ0) is 30.3. The van der Waals surface area contributed by atoms with Gasteiger partial charge >= 0.3 is 0 Å². The molecule has 0 bridgehead atoms. The van der Waals surface area contributed by atoms with Gasteiger partial charge < -0.3 is 10.5 Å². The second kappa shape index (κ2) is 11.5. The van der Waals surface area contributed by atoms with E-state index in [1.165, 1.54) is 41.3 Å². The SMILES string of the molecule is Cc1cc(COc2ccc(F)cc2Cl)c(C)c(C2C(C#N)=C(N)N(c3ccc(Cl)cc3[N+](=O)[O-])C3=C2C(=O)CCC3)c1. The van der Waals surface area contributed by atoms with E-state index in [9.17, 15) is 24.6 Å². The fourth-order valence-electron chi connectivity index (χ4n) is 5.67. The van der Waals surface area contributed by atoms with Crippen LogP contribution in [0.25, 0.3) is 0 Å². The smallest absolute Gasteiger partial charge is 0.294 e. The van der Waals surface area contributed by atoms with Crippen LogP contribution in [-0.4, -0.2) is 10.7 Å². The minimum atomic E-state index is -0.784. The minimum Gasteiger partial charge on any atom is -0.487 e. The van der Waals surface area contributed by atoms with Crippen LogP contribution in [0.4, 0.5) is 15.8 Å². The monoisotopic (exact) mass is 606 g/mol. The molecule has 0 saturated heterocycles. The van der Waals surface area contributed by atoms with E-state index in [2.05, 4.69) is 6.07 Å². The summed E-state index contributed by atoms with van der Waals surface area (Å²) in [5.41, 5.74) is 10.6. The van der Waals surface area contributed by atoms with Crippen molar-refractivity contribution in [3.05, 3.63) is 119 Å². The molecule has 11 heteroatoms. The van der Waals surface area contributed by atoms with Gasteiger partial charge in [-0.15, -0.1) is 0 Å². The van der Waals surface area contributed by atoms with Crippen LogP contribution in [0.1, 0.15) is 47.4 Å². The molecule has 3 aromatic rings. The van der Waals surface area contributed by atoms with Gasteiger partial charge in [0.25, 0.3) is 5.69 Å². The number of ketones is 1. The van der Waals surface area contributed by atoms with Crippen molar-refractivity contribution in [2.75, 3.05) is 4.90 Å². The number of Topliss-reactive ketones (excluding diaryl/α,β-unsaturated/α-hetero) is 1. The van der Waals surface area contributed by atoms with E-state index in [-0.39, 0.29) is 51.6 Å².